The largest absolute Gasteiger partial charge is 0.488 e. The first-order valence-corrected chi connectivity index (χ1v) is 12.0. The summed E-state index contributed by atoms with van der Waals surface area (Å²) >= 11 is 0. The van der Waals surface area contributed by atoms with Crippen LogP contribution in [0.1, 0.15) is 53.0 Å². The fraction of sp³-hybridized carbons (Fsp3) is 0.440. The lowest BCUT2D eigenvalue weighted by atomic mass is 10.0. The number of hydrogen-bond donors (Lipinski definition) is 3. The van der Waals surface area contributed by atoms with E-state index in [9.17, 15) is 19.1 Å². The van der Waals surface area contributed by atoms with Crippen molar-refractivity contribution >= 4 is 35.6 Å². The summed E-state index contributed by atoms with van der Waals surface area (Å²) in [7, 11) is 0. The number of hydrogen-bond acceptors (Lipinski definition) is 7. The molecule has 37 heavy (non-hydrogen) atoms. The molecule has 0 radical (unpaired) electrons. The van der Waals surface area contributed by atoms with Crippen LogP contribution in [0.25, 0.3) is 5.65 Å². The molecular formula is C25H30ClFN6O4. The Morgan fingerprint density at radius 2 is 2.11 bits per heavy atom. The van der Waals surface area contributed by atoms with Crippen molar-refractivity contribution in [2.75, 3.05) is 25.0 Å². The summed E-state index contributed by atoms with van der Waals surface area (Å²) < 4.78 is 22.3. The minimum atomic E-state index is -1.61. The molecule has 10 nitrogen and oxygen atoms in total. The van der Waals surface area contributed by atoms with E-state index in [1.54, 1.807) is 30.6 Å². The number of carbonyl (C=O) groups excluding carboxylic acids is 2. The number of anilines is 1. The molecule has 2 aliphatic rings. The minimum absolute atomic E-state index is 0. The van der Waals surface area contributed by atoms with Crippen molar-refractivity contribution in [3.05, 3.63) is 53.5 Å². The second-order valence-electron chi connectivity index (χ2n) is 9.78. The van der Waals surface area contributed by atoms with Crippen LogP contribution >= 0.6 is 12.4 Å². The molecule has 0 saturated carbocycles. The Bertz CT molecular complexity index is 1300. The van der Waals surface area contributed by atoms with Crippen LogP contribution in [-0.2, 0) is 6.54 Å². The number of nitrogens with zero attached hydrogens (tertiary/aromatic N) is 4. The van der Waals surface area contributed by atoms with E-state index in [0.29, 0.717) is 33.8 Å². The van der Waals surface area contributed by atoms with E-state index >= 15 is 0 Å². The summed E-state index contributed by atoms with van der Waals surface area (Å²) in [6, 6.07) is 5.05. The molecule has 1 unspecified atom stereocenters. The number of nitrogens with one attached hydrogen (secondary N) is 2. The van der Waals surface area contributed by atoms with E-state index in [4.69, 9.17) is 4.74 Å². The first kappa shape index (κ1) is 26.8. The standard InChI is InChI=1S/C25H29FN6O4.ClH/c1-25(2,35)21(26)14-31-13-15-10-19(30-23(33)18-12-29-32-9-3-6-28-22(18)32)20(11-17(15)24(31)34)36-16-4-7-27-8-5-16;/h3,6,9-12,16,21,27,35H,4-5,7-8,13-14H2,1-2H3,(H,30,33);1H. The van der Waals surface area contributed by atoms with Crippen LogP contribution in [0.4, 0.5) is 10.1 Å². The van der Waals surface area contributed by atoms with Gasteiger partial charge >= 0.3 is 0 Å². The van der Waals surface area contributed by atoms with Gasteiger partial charge in [-0.3, -0.25) is 9.59 Å². The Morgan fingerprint density at radius 3 is 2.84 bits per heavy atom. The number of ether oxygens (including phenoxy) is 1. The number of rotatable bonds is 7. The number of benzene rings is 1. The quantitative estimate of drug-likeness (QED) is 0.427. The van der Waals surface area contributed by atoms with E-state index in [2.05, 4.69) is 20.7 Å². The van der Waals surface area contributed by atoms with Crippen LogP contribution < -0.4 is 15.4 Å². The molecule has 12 heteroatoms. The van der Waals surface area contributed by atoms with Crippen molar-refractivity contribution in [1.29, 1.82) is 0 Å². The van der Waals surface area contributed by atoms with E-state index in [1.807, 2.05) is 0 Å². The maximum absolute atomic E-state index is 14.5. The lowest BCUT2D eigenvalue weighted by Crippen LogP contribution is -2.42. The SMILES string of the molecule is CC(C)(O)C(F)CN1Cc2cc(NC(=O)c3cnn4cccnc34)c(OC3CCNCC3)cc2C1=O.Cl. The molecular weight excluding hydrogens is 503 g/mol. The summed E-state index contributed by atoms with van der Waals surface area (Å²) in [5, 5.41) is 20.3. The predicted molar refractivity (Wildman–Crippen MR) is 137 cm³/mol. The Hall–Kier alpha value is -3.28. The van der Waals surface area contributed by atoms with Gasteiger partial charge in [-0.05, 0) is 63.5 Å². The minimum Gasteiger partial charge on any atom is -0.488 e. The maximum atomic E-state index is 14.5. The van der Waals surface area contributed by atoms with Crippen molar-refractivity contribution in [2.24, 2.45) is 0 Å². The third kappa shape index (κ3) is 5.53. The third-order valence-electron chi connectivity index (χ3n) is 6.58. The molecule has 5 rings (SSSR count). The fourth-order valence-corrected chi connectivity index (χ4v) is 4.43. The van der Waals surface area contributed by atoms with Gasteiger partial charge in [0.1, 0.15) is 23.6 Å². The monoisotopic (exact) mass is 532 g/mol. The van der Waals surface area contributed by atoms with Gasteiger partial charge in [0, 0.05) is 24.5 Å². The van der Waals surface area contributed by atoms with Crippen LogP contribution in [0.2, 0.25) is 0 Å². The average molecular weight is 533 g/mol. The van der Waals surface area contributed by atoms with Gasteiger partial charge in [0.15, 0.2) is 5.65 Å². The van der Waals surface area contributed by atoms with Gasteiger partial charge in [-0.25, -0.2) is 13.9 Å². The summed E-state index contributed by atoms with van der Waals surface area (Å²) in [6.07, 6.45) is 4.63. The van der Waals surface area contributed by atoms with Crippen molar-refractivity contribution in [3.63, 3.8) is 0 Å². The molecule has 1 atom stereocenters. The number of piperidine rings is 1. The number of amides is 2. The second kappa shape index (κ2) is 10.6. The number of aliphatic hydroxyl groups is 1. The Kier molecular flexibility index (Phi) is 7.67. The number of halogens is 2. The van der Waals surface area contributed by atoms with Gasteiger partial charge in [-0.15, -0.1) is 12.4 Å². The highest BCUT2D eigenvalue weighted by molar-refractivity contribution is 6.09. The molecule has 2 aliphatic heterocycles. The van der Waals surface area contributed by atoms with E-state index < -0.39 is 17.7 Å². The van der Waals surface area contributed by atoms with Gasteiger partial charge in [-0.2, -0.15) is 5.10 Å². The van der Waals surface area contributed by atoms with Crippen molar-refractivity contribution in [2.45, 2.75) is 51.1 Å². The van der Waals surface area contributed by atoms with Crippen LogP contribution in [0.15, 0.2) is 36.8 Å². The molecule has 198 valence electrons. The summed E-state index contributed by atoms with van der Waals surface area (Å²) in [5.41, 5.74) is 0.610. The Balaban J connectivity index is 0.00000320. The van der Waals surface area contributed by atoms with Crippen LogP contribution in [0, 0.1) is 0 Å². The highest BCUT2D eigenvalue weighted by Gasteiger charge is 2.35. The predicted octanol–water partition coefficient (Wildman–Crippen LogP) is 2.60. The van der Waals surface area contributed by atoms with E-state index in [-0.39, 0.29) is 37.5 Å². The highest BCUT2D eigenvalue weighted by atomic mass is 35.5. The molecule has 1 fully saturated rings. The zero-order chi connectivity index (χ0) is 25.4. The van der Waals surface area contributed by atoms with Crippen molar-refractivity contribution < 1.29 is 23.8 Å². The summed E-state index contributed by atoms with van der Waals surface area (Å²) in [6.45, 7) is 4.30. The molecule has 3 aromatic rings. The fourth-order valence-electron chi connectivity index (χ4n) is 4.43. The lowest BCUT2D eigenvalue weighted by Gasteiger charge is -2.26. The normalized spacial score (nSPS) is 16.9. The van der Waals surface area contributed by atoms with Crippen molar-refractivity contribution in [1.82, 2.24) is 24.8 Å². The average Bonchev–Trinajstić information content (AvgIpc) is 3.41. The smallest absolute Gasteiger partial charge is 0.261 e. The highest BCUT2D eigenvalue weighted by Crippen LogP contribution is 2.36. The number of carbonyl (C=O) groups is 2. The molecule has 0 bridgehead atoms. The van der Waals surface area contributed by atoms with Gasteiger partial charge in [-0.1, -0.05) is 0 Å². The third-order valence-corrected chi connectivity index (χ3v) is 6.58. The number of aromatic nitrogens is 3. The lowest BCUT2D eigenvalue weighted by molar-refractivity contribution is -0.0159. The second-order valence-corrected chi connectivity index (χ2v) is 9.78. The first-order valence-electron chi connectivity index (χ1n) is 12.0. The summed E-state index contributed by atoms with van der Waals surface area (Å²) in [4.78, 5) is 31.9. The molecule has 1 saturated heterocycles. The molecule has 3 N–H and O–H groups in total. The van der Waals surface area contributed by atoms with Crippen LogP contribution in [0.3, 0.4) is 0 Å². The van der Waals surface area contributed by atoms with E-state index in [1.165, 1.54) is 29.5 Å². The number of fused-ring (bicyclic) bond motifs is 2. The summed E-state index contributed by atoms with van der Waals surface area (Å²) in [5.74, 6) is -0.365. The molecule has 2 amide bonds. The molecule has 0 spiro atoms. The Morgan fingerprint density at radius 1 is 1.35 bits per heavy atom. The molecule has 1 aromatic carbocycles. The molecule has 2 aromatic heterocycles. The van der Waals surface area contributed by atoms with Gasteiger partial charge < -0.3 is 25.4 Å². The molecule has 4 heterocycles. The van der Waals surface area contributed by atoms with Gasteiger partial charge in [0.05, 0.1) is 24.0 Å². The molecule has 0 aliphatic carbocycles. The van der Waals surface area contributed by atoms with Crippen molar-refractivity contribution in [3.8, 4) is 5.75 Å². The zero-order valence-corrected chi connectivity index (χ0v) is 21.4. The zero-order valence-electron chi connectivity index (χ0n) is 20.6. The van der Waals surface area contributed by atoms with Gasteiger partial charge in [0.2, 0.25) is 0 Å². The first-order chi connectivity index (χ1) is 17.2. The topological polar surface area (TPSA) is 121 Å². The van der Waals surface area contributed by atoms with Gasteiger partial charge in [0.25, 0.3) is 11.8 Å². The Labute approximate surface area is 219 Å². The maximum Gasteiger partial charge on any atom is 0.261 e. The van der Waals surface area contributed by atoms with E-state index in [0.717, 1.165) is 25.9 Å². The van der Waals surface area contributed by atoms with Crippen LogP contribution in [0.5, 0.6) is 5.75 Å². The number of alkyl halides is 1. The van der Waals surface area contributed by atoms with Crippen LogP contribution in [-0.4, -0.2) is 73.9 Å².